The highest BCUT2D eigenvalue weighted by molar-refractivity contribution is 7.89. The standard InChI is InChI=1S/C29H40F3N9O5S/c1-4-12-40(27(44)29(30,31)32)20-14-21(24(43)23(20)42)41-16-35-22-25(34-11-9-17-5-7-19(8-6-17)47(33,45)46)36-28(37-26(22)41)39-13-10-18(15-39)38(2)3/h5-8,16,18,20-21,23-24,42-43H,4,9-15H2,1-3H3,(H2,33,45,46)(H,34,36,37)/t18-,20+,21-,23-,24+/m1/s1. The molecule has 5 N–H and O–H groups in total. The van der Waals surface area contributed by atoms with Gasteiger partial charge in [0.2, 0.25) is 16.0 Å². The third kappa shape index (κ3) is 7.30. The summed E-state index contributed by atoms with van der Waals surface area (Å²) in [5, 5.41) is 30.5. The molecule has 3 heterocycles. The van der Waals surface area contributed by atoms with E-state index in [1.807, 2.05) is 19.0 Å². The summed E-state index contributed by atoms with van der Waals surface area (Å²) in [6, 6.07) is 4.25. The van der Waals surface area contributed by atoms with Gasteiger partial charge >= 0.3 is 12.1 Å². The van der Waals surface area contributed by atoms with E-state index >= 15 is 0 Å². The lowest BCUT2D eigenvalue weighted by Gasteiger charge is -2.31. The maximum absolute atomic E-state index is 13.5. The van der Waals surface area contributed by atoms with Crippen molar-refractivity contribution in [3.63, 3.8) is 0 Å². The molecule has 0 radical (unpaired) electrons. The molecule has 18 heteroatoms. The minimum Gasteiger partial charge on any atom is -0.388 e. The molecule has 0 bridgehead atoms. The van der Waals surface area contributed by atoms with Gasteiger partial charge in [0.15, 0.2) is 17.0 Å². The minimum atomic E-state index is -5.13. The molecule has 2 aliphatic rings. The fourth-order valence-electron chi connectivity index (χ4n) is 6.32. The van der Waals surface area contributed by atoms with E-state index in [1.165, 1.54) is 23.0 Å². The number of nitrogens with two attached hydrogens (primary N) is 1. The lowest BCUT2D eigenvalue weighted by Crippen LogP contribution is -2.51. The molecular formula is C29H40F3N9O5S. The molecule has 1 saturated carbocycles. The Kier molecular flexibility index (Phi) is 9.98. The van der Waals surface area contributed by atoms with Crippen LogP contribution in [0.1, 0.15) is 37.8 Å². The monoisotopic (exact) mass is 683 g/mol. The van der Waals surface area contributed by atoms with Crippen LogP contribution in [0.2, 0.25) is 0 Å². The molecule has 47 heavy (non-hydrogen) atoms. The van der Waals surface area contributed by atoms with Gasteiger partial charge in [-0.05, 0) is 57.5 Å². The summed E-state index contributed by atoms with van der Waals surface area (Å²) in [5.74, 6) is -1.28. The molecule has 14 nitrogen and oxygen atoms in total. The molecule has 3 aromatic rings. The number of alkyl halides is 3. The number of aliphatic hydroxyl groups is 2. The molecule has 1 amide bonds. The van der Waals surface area contributed by atoms with E-state index in [1.54, 1.807) is 19.1 Å². The van der Waals surface area contributed by atoms with Gasteiger partial charge in [0.05, 0.1) is 23.3 Å². The number of carbonyl (C=O) groups is 1. The van der Waals surface area contributed by atoms with E-state index in [0.29, 0.717) is 53.9 Å². The Balaban J connectivity index is 1.46. The number of halogens is 3. The normalized spacial score (nSPS) is 23.6. The molecule has 0 unspecified atom stereocenters. The molecular weight excluding hydrogens is 643 g/mol. The van der Waals surface area contributed by atoms with Crippen molar-refractivity contribution in [1.82, 2.24) is 29.3 Å². The van der Waals surface area contributed by atoms with Crippen LogP contribution in [-0.2, 0) is 21.2 Å². The topological polar surface area (TPSA) is 183 Å². The third-order valence-corrected chi connectivity index (χ3v) is 9.82. The van der Waals surface area contributed by atoms with Crippen molar-refractivity contribution in [2.75, 3.05) is 50.5 Å². The van der Waals surface area contributed by atoms with E-state index in [9.17, 15) is 36.6 Å². The first-order valence-corrected chi connectivity index (χ1v) is 16.9. The molecule has 1 aromatic carbocycles. The van der Waals surface area contributed by atoms with Gasteiger partial charge in [0.1, 0.15) is 12.2 Å². The third-order valence-electron chi connectivity index (χ3n) is 8.89. The number of fused-ring (bicyclic) bond motifs is 1. The second kappa shape index (κ2) is 13.5. The number of primary sulfonamides is 1. The fourth-order valence-corrected chi connectivity index (χ4v) is 6.84. The fraction of sp³-hybridized carbons (Fsp3) is 0.586. The summed E-state index contributed by atoms with van der Waals surface area (Å²) < 4.78 is 65.1. The van der Waals surface area contributed by atoms with Crippen molar-refractivity contribution in [3.8, 4) is 0 Å². The first kappa shape index (κ1) is 34.7. The van der Waals surface area contributed by atoms with Gasteiger partial charge in [-0.15, -0.1) is 0 Å². The number of nitrogens with one attached hydrogen (secondary N) is 1. The largest absolute Gasteiger partial charge is 0.471 e. The number of likely N-dealkylation sites (N-methyl/N-ethyl adjacent to an activating group) is 1. The number of rotatable bonds is 11. The summed E-state index contributed by atoms with van der Waals surface area (Å²) in [7, 11) is 0.163. The number of carbonyl (C=O) groups excluding carboxylic acids is 1. The number of anilines is 2. The smallest absolute Gasteiger partial charge is 0.388 e. The number of nitrogens with zero attached hydrogens (tertiary/aromatic N) is 7. The first-order chi connectivity index (χ1) is 22.1. The quantitative estimate of drug-likeness (QED) is 0.227. The van der Waals surface area contributed by atoms with Crippen LogP contribution >= 0.6 is 0 Å². The SMILES string of the molecule is CCCN(C(=O)C(F)(F)F)[C@H]1C[C@@H](n2cnc3c(NCCc4ccc(S(N)(=O)=O)cc4)nc(N4CC[C@@H](N(C)C)C4)nc32)[C@H](O)[C@@H]1O. The van der Waals surface area contributed by atoms with Crippen LogP contribution in [-0.4, -0.2) is 125 Å². The predicted molar refractivity (Wildman–Crippen MR) is 167 cm³/mol. The lowest BCUT2D eigenvalue weighted by atomic mass is 10.1. The number of sulfonamides is 1. The van der Waals surface area contributed by atoms with Gasteiger partial charge < -0.3 is 34.8 Å². The zero-order valence-electron chi connectivity index (χ0n) is 26.3. The Hall–Kier alpha value is -3.58. The van der Waals surface area contributed by atoms with Gasteiger partial charge in [-0.2, -0.15) is 23.1 Å². The van der Waals surface area contributed by atoms with Gasteiger partial charge in [0.25, 0.3) is 0 Å². The Morgan fingerprint density at radius 2 is 1.85 bits per heavy atom. The number of hydrogen-bond acceptors (Lipinski definition) is 11. The average Bonchev–Trinajstić information content (AvgIpc) is 3.73. The minimum absolute atomic E-state index is 0.00517. The number of aromatic nitrogens is 4. The Bertz CT molecular complexity index is 1690. The van der Waals surface area contributed by atoms with E-state index < -0.39 is 46.4 Å². The molecule has 5 atom stereocenters. The van der Waals surface area contributed by atoms with Crippen molar-refractivity contribution in [2.45, 2.75) is 74.0 Å². The highest BCUT2D eigenvalue weighted by Crippen LogP contribution is 2.38. The predicted octanol–water partition coefficient (Wildman–Crippen LogP) is 1.10. The molecule has 258 valence electrons. The average molecular weight is 684 g/mol. The molecule has 5 rings (SSSR count). The second-order valence-electron chi connectivity index (χ2n) is 12.3. The van der Waals surface area contributed by atoms with Gasteiger partial charge in [0, 0.05) is 32.2 Å². The Morgan fingerprint density at radius 3 is 2.45 bits per heavy atom. The number of imidazole rings is 1. The second-order valence-corrected chi connectivity index (χ2v) is 13.8. The van der Waals surface area contributed by atoms with E-state index in [0.717, 1.165) is 12.0 Å². The Labute approximate surface area is 270 Å². The van der Waals surface area contributed by atoms with Crippen molar-refractivity contribution < 1.29 is 36.6 Å². The molecule has 2 fully saturated rings. The molecule has 0 spiro atoms. The zero-order chi connectivity index (χ0) is 34.3. The molecule has 2 aromatic heterocycles. The zero-order valence-corrected chi connectivity index (χ0v) is 27.1. The van der Waals surface area contributed by atoms with Crippen LogP contribution in [0.4, 0.5) is 24.9 Å². The molecule has 1 saturated heterocycles. The summed E-state index contributed by atoms with van der Waals surface area (Å²) >= 11 is 0. The van der Waals surface area contributed by atoms with Gasteiger partial charge in [-0.25, -0.2) is 18.5 Å². The number of benzene rings is 1. The molecule has 1 aliphatic carbocycles. The van der Waals surface area contributed by atoms with Crippen LogP contribution < -0.4 is 15.4 Å². The van der Waals surface area contributed by atoms with Gasteiger partial charge in [-0.1, -0.05) is 19.1 Å². The summed E-state index contributed by atoms with van der Waals surface area (Å²) in [4.78, 5) is 31.1. The summed E-state index contributed by atoms with van der Waals surface area (Å²) in [6.45, 7) is 3.10. The maximum atomic E-state index is 13.5. The van der Waals surface area contributed by atoms with Crippen molar-refractivity contribution in [3.05, 3.63) is 36.2 Å². The van der Waals surface area contributed by atoms with Crippen LogP contribution in [0.3, 0.4) is 0 Å². The van der Waals surface area contributed by atoms with E-state index in [-0.39, 0.29) is 30.3 Å². The highest BCUT2D eigenvalue weighted by Gasteiger charge is 2.51. The van der Waals surface area contributed by atoms with Crippen molar-refractivity contribution in [1.29, 1.82) is 0 Å². The number of aliphatic hydroxyl groups excluding tert-OH is 2. The summed E-state index contributed by atoms with van der Waals surface area (Å²) in [6.07, 6.45) is -5.41. The van der Waals surface area contributed by atoms with Gasteiger partial charge in [-0.3, -0.25) is 4.79 Å². The molecule has 1 aliphatic heterocycles. The van der Waals surface area contributed by atoms with Crippen LogP contribution in [0.5, 0.6) is 0 Å². The van der Waals surface area contributed by atoms with E-state index in [2.05, 4.69) is 15.2 Å². The first-order valence-electron chi connectivity index (χ1n) is 15.4. The van der Waals surface area contributed by atoms with Crippen LogP contribution in [0.15, 0.2) is 35.5 Å². The Morgan fingerprint density at radius 1 is 1.15 bits per heavy atom. The van der Waals surface area contributed by atoms with Crippen LogP contribution in [0.25, 0.3) is 11.2 Å². The van der Waals surface area contributed by atoms with Crippen molar-refractivity contribution in [2.24, 2.45) is 5.14 Å². The summed E-state index contributed by atoms with van der Waals surface area (Å²) in [5.41, 5.74) is 1.50. The number of amides is 1. The van der Waals surface area contributed by atoms with Crippen molar-refractivity contribution >= 4 is 38.9 Å². The maximum Gasteiger partial charge on any atom is 0.471 e. The highest BCUT2D eigenvalue weighted by atomic mass is 32.2. The lowest BCUT2D eigenvalue weighted by molar-refractivity contribution is -0.190. The van der Waals surface area contributed by atoms with E-state index in [4.69, 9.17) is 15.1 Å². The number of hydrogen-bond donors (Lipinski definition) is 4. The van der Waals surface area contributed by atoms with Crippen LogP contribution in [0, 0.1) is 0 Å².